The Morgan fingerprint density at radius 3 is 2.29 bits per heavy atom. The van der Waals surface area contributed by atoms with Gasteiger partial charge in [0.2, 0.25) is 5.91 Å². The van der Waals surface area contributed by atoms with Crippen molar-refractivity contribution >= 4 is 23.8 Å². The SMILES string of the molecule is C[C@H]1CCCC[C@@H]1N1C(=O)C(=O)N(CC(=O)NC2CCCC2)C1=O. The van der Waals surface area contributed by atoms with E-state index in [1.54, 1.807) is 0 Å². The Morgan fingerprint density at radius 2 is 1.62 bits per heavy atom. The Bertz CT molecular complexity index is 556. The van der Waals surface area contributed by atoms with Gasteiger partial charge in [-0.15, -0.1) is 0 Å². The highest BCUT2D eigenvalue weighted by Crippen LogP contribution is 2.31. The van der Waals surface area contributed by atoms with Crippen LogP contribution in [0.15, 0.2) is 0 Å². The van der Waals surface area contributed by atoms with Crippen LogP contribution in [-0.4, -0.2) is 52.2 Å². The lowest BCUT2D eigenvalue weighted by molar-refractivity contribution is -0.145. The third kappa shape index (κ3) is 3.16. The largest absolute Gasteiger partial charge is 0.352 e. The van der Waals surface area contributed by atoms with Crippen LogP contribution in [0.5, 0.6) is 0 Å². The summed E-state index contributed by atoms with van der Waals surface area (Å²) in [6.07, 6.45) is 7.72. The summed E-state index contributed by atoms with van der Waals surface area (Å²) < 4.78 is 0. The van der Waals surface area contributed by atoms with E-state index in [0.29, 0.717) is 0 Å². The minimum atomic E-state index is -0.876. The van der Waals surface area contributed by atoms with E-state index < -0.39 is 17.8 Å². The Balaban J connectivity index is 1.66. The number of nitrogens with one attached hydrogen (secondary N) is 1. The quantitative estimate of drug-likeness (QED) is 0.622. The molecule has 1 N–H and O–H groups in total. The minimum absolute atomic E-state index is 0.121. The van der Waals surface area contributed by atoms with E-state index in [-0.39, 0.29) is 30.5 Å². The molecule has 3 rings (SSSR count). The maximum Gasteiger partial charge on any atom is 0.334 e. The fraction of sp³-hybridized carbons (Fsp3) is 0.765. The number of imide groups is 2. The van der Waals surface area contributed by atoms with Crippen LogP contribution < -0.4 is 5.32 Å². The summed E-state index contributed by atoms with van der Waals surface area (Å²) in [5, 5.41) is 2.85. The molecule has 2 aliphatic carbocycles. The molecule has 132 valence electrons. The zero-order chi connectivity index (χ0) is 17.3. The number of carbonyl (C=O) groups excluding carboxylic acids is 4. The average molecular weight is 335 g/mol. The predicted molar refractivity (Wildman–Crippen MR) is 85.8 cm³/mol. The topological polar surface area (TPSA) is 86.8 Å². The molecular formula is C17H25N3O4. The van der Waals surface area contributed by atoms with E-state index in [2.05, 4.69) is 5.32 Å². The first-order chi connectivity index (χ1) is 11.5. The number of carbonyl (C=O) groups is 4. The van der Waals surface area contributed by atoms with E-state index >= 15 is 0 Å². The molecule has 24 heavy (non-hydrogen) atoms. The van der Waals surface area contributed by atoms with Gasteiger partial charge < -0.3 is 5.32 Å². The molecule has 2 atom stereocenters. The third-order valence-corrected chi connectivity index (χ3v) is 5.50. The summed E-state index contributed by atoms with van der Waals surface area (Å²) in [5.74, 6) is -1.84. The van der Waals surface area contributed by atoms with Crippen LogP contribution in [0, 0.1) is 5.92 Å². The van der Waals surface area contributed by atoms with Gasteiger partial charge in [-0.25, -0.2) is 9.69 Å². The fourth-order valence-corrected chi connectivity index (χ4v) is 4.12. The zero-order valence-corrected chi connectivity index (χ0v) is 14.1. The molecule has 0 spiro atoms. The van der Waals surface area contributed by atoms with Crippen molar-refractivity contribution in [3.63, 3.8) is 0 Å². The van der Waals surface area contributed by atoms with Crippen LogP contribution in [0.25, 0.3) is 0 Å². The van der Waals surface area contributed by atoms with E-state index in [1.165, 1.54) is 0 Å². The van der Waals surface area contributed by atoms with E-state index in [9.17, 15) is 19.2 Å². The van der Waals surface area contributed by atoms with Crippen molar-refractivity contribution in [2.45, 2.75) is 70.4 Å². The molecule has 3 aliphatic rings. The molecule has 3 fully saturated rings. The van der Waals surface area contributed by atoms with Gasteiger partial charge in [0.1, 0.15) is 6.54 Å². The maximum absolute atomic E-state index is 12.6. The molecule has 5 amide bonds. The third-order valence-electron chi connectivity index (χ3n) is 5.50. The Morgan fingerprint density at radius 1 is 1.00 bits per heavy atom. The average Bonchev–Trinajstić information content (AvgIpc) is 3.12. The van der Waals surface area contributed by atoms with Gasteiger partial charge in [0.05, 0.1) is 0 Å². The second-order valence-corrected chi connectivity index (χ2v) is 7.23. The van der Waals surface area contributed by atoms with E-state index in [0.717, 1.165) is 61.2 Å². The van der Waals surface area contributed by atoms with Crippen molar-refractivity contribution in [2.24, 2.45) is 5.92 Å². The standard InChI is InChI=1S/C17H25N3O4/c1-11-6-2-5-9-13(11)20-16(23)15(22)19(17(20)24)10-14(21)18-12-7-3-4-8-12/h11-13H,2-10H2,1H3,(H,18,21)/t11-,13-/m0/s1. The normalized spacial score (nSPS) is 28.8. The lowest BCUT2D eigenvalue weighted by Crippen LogP contribution is -2.47. The Hall–Kier alpha value is -1.92. The van der Waals surface area contributed by atoms with Crippen molar-refractivity contribution in [2.75, 3.05) is 6.54 Å². The predicted octanol–water partition coefficient (Wildman–Crippen LogP) is 1.41. The first-order valence-corrected chi connectivity index (χ1v) is 8.97. The monoisotopic (exact) mass is 335 g/mol. The van der Waals surface area contributed by atoms with Crippen molar-refractivity contribution in [3.8, 4) is 0 Å². The molecule has 7 nitrogen and oxygen atoms in total. The number of nitrogens with zero attached hydrogens (tertiary/aromatic N) is 2. The fourth-order valence-electron chi connectivity index (χ4n) is 4.12. The van der Waals surface area contributed by atoms with Crippen LogP contribution in [-0.2, 0) is 14.4 Å². The summed E-state index contributed by atoms with van der Waals surface area (Å²) in [6.45, 7) is 1.64. The zero-order valence-electron chi connectivity index (χ0n) is 14.1. The highest BCUT2D eigenvalue weighted by atomic mass is 16.2. The minimum Gasteiger partial charge on any atom is -0.352 e. The summed E-state index contributed by atoms with van der Waals surface area (Å²) in [5.41, 5.74) is 0. The van der Waals surface area contributed by atoms with Gasteiger partial charge in [-0.05, 0) is 31.6 Å². The number of hydrogen-bond acceptors (Lipinski definition) is 4. The van der Waals surface area contributed by atoms with Gasteiger partial charge in [-0.3, -0.25) is 19.3 Å². The van der Waals surface area contributed by atoms with Gasteiger partial charge >= 0.3 is 17.8 Å². The number of amides is 5. The van der Waals surface area contributed by atoms with E-state index in [4.69, 9.17) is 0 Å². The molecular weight excluding hydrogens is 310 g/mol. The van der Waals surface area contributed by atoms with Gasteiger partial charge in [-0.2, -0.15) is 0 Å². The lowest BCUT2D eigenvalue weighted by Gasteiger charge is -2.34. The Labute approximate surface area is 141 Å². The molecule has 2 saturated carbocycles. The van der Waals surface area contributed by atoms with Gasteiger partial charge in [0.15, 0.2) is 0 Å². The molecule has 7 heteroatoms. The highest BCUT2D eigenvalue weighted by Gasteiger charge is 2.49. The number of hydrogen-bond donors (Lipinski definition) is 1. The van der Waals surface area contributed by atoms with Crippen molar-refractivity contribution in [1.82, 2.24) is 15.1 Å². The van der Waals surface area contributed by atoms with Crippen LogP contribution in [0.1, 0.15) is 58.3 Å². The molecule has 0 aromatic heterocycles. The molecule has 1 heterocycles. The van der Waals surface area contributed by atoms with Crippen molar-refractivity contribution in [3.05, 3.63) is 0 Å². The molecule has 0 unspecified atom stereocenters. The maximum atomic E-state index is 12.6. The summed E-state index contributed by atoms with van der Waals surface area (Å²) in [6, 6.07) is -0.744. The van der Waals surface area contributed by atoms with Gasteiger partial charge in [0.25, 0.3) is 0 Å². The van der Waals surface area contributed by atoms with Gasteiger partial charge in [-0.1, -0.05) is 32.6 Å². The van der Waals surface area contributed by atoms with Crippen LogP contribution in [0.2, 0.25) is 0 Å². The van der Waals surface area contributed by atoms with Crippen LogP contribution >= 0.6 is 0 Å². The summed E-state index contributed by atoms with van der Waals surface area (Å²) >= 11 is 0. The highest BCUT2D eigenvalue weighted by molar-refractivity contribution is 6.45. The van der Waals surface area contributed by atoms with Crippen molar-refractivity contribution in [1.29, 1.82) is 0 Å². The Kier molecular flexibility index (Phi) is 4.87. The molecule has 1 aliphatic heterocycles. The molecule has 1 saturated heterocycles. The molecule has 0 aromatic carbocycles. The lowest BCUT2D eigenvalue weighted by atomic mass is 9.85. The number of urea groups is 1. The molecule has 0 bridgehead atoms. The smallest absolute Gasteiger partial charge is 0.334 e. The first kappa shape index (κ1) is 16.9. The summed E-state index contributed by atoms with van der Waals surface area (Å²) in [4.78, 5) is 51.0. The van der Waals surface area contributed by atoms with E-state index in [1.807, 2.05) is 6.92 Å². The first-order valence-electron chi connectivity index (χ1n) is 8.97. The summed E-state index contributed by atoms with van der Waals surface area (Å²) in [7, 11) is 0. The van der Waals surface area contributed by atoms with Crippen LogP contribution in [0.4, 0.5) is 4.79 Å². The number of rotatable bonds is 4. The molecule has 0 aromatic rings. The van der Waals surface area contributed by atoms with Crippen LogP contribution in [0.3, 0.4) is 0 Å². The van der Waals surface area contributed by atoms with Crippen molar-refractivity contribution < 1.29 is 19.2 Å². The molecule has 0 radical (unpaired) electrons. The second kappa shape index (κ2) is 6.91. The van der Waals surface area contributed by atoms with Gasteiger partial charge in [0, 0.05) is 12.1 Å². The second-order valence-electron chi connectivity index (χ2n) is 7.23.